The van der Waals surface area contributed by atoms with Crippen LogP contribution in [0.5, 0.6) is 0 Å². The second kappa shape index (κ2) is 7.60. The Morgan fingerprint density at radius 2 is 2.00 bits per heavy atom. The molecule has 2 amide bonds. The van der Waals surface area contributed by atoms with Gasteiger partial charge in [-0.2, -0.15) is 0 Å². The van der Waals surface area contributed by atoms with Crippen molar-refractivity contribution >= 4 is 17.5 Å². The van der Waals surface area contributed by atoms with E-state index < -0.39 is 6.04 Å². The van der Waals surface area contributed by atoms with Gasteiger partial charge < -0.3 is 5.32 Å². The molecule has 1 aliphatic heterocycles. The molecular weight excluding hydrogens is 352 g/mol. The third-order valence-corrected chi connectivity index (χ3v) is 4.79. The number of rotatable bonds is 5. The molecule has 4 rings (SSSR count). The number of benzene rings is 1. The molecule has 3 heterocycles. The van der Waals surface area contributed by atoms with E-state index in [1.54, 1.807) is 35.6 Å². The lowest BCUT2D eigenvalue weighted by Crippen LogP contribution is -2.33. The van der Waals surface area contributed by atoms with Gasteiger partial charge in [-0.25, -0.2) is 0 Å². The average Bonchev–Trinajstić information content (AvgIpc) is 2.99. The number of hydrogen-bond acceptors (Lipinski definition) is 4. The van der Waals surface area contributed by atoms with Crippen molar-refractivity contribution < 1.29 is 9.59 Å². The second-order valence-corrected chi connectivity index (χ2v) is 6.81. The van der Waals surface area contributed by atoms with Gasteiger partial charge in [0.15, 0.2) is 0 Å². The van der Waals surface area contributed by atoms with Crippen molar-refractivity contribution in [1.82, 2.24) is 15.3 Å². The van der Waals surface area contributed by atoms with Crippen LogP contribution in [0.1, 0.15) is 39.6 Å². The normalized spacial score (nSPS) is 15.4. The van der Waals surface area contributed by atoms with Gasteiger partial charge in [0.25, 0.3) is 5.91 Å². The highest BCUT2D eigenvalue weighted by atomic mass is 16.2. The third-order valence-electron chi connectivity index (χ3n) is 4.79. The van der Waals surface area contributed by atoms with Gasteiger partial charge in [0.2, 0.25) is 5.91 Å². The van der Waals surface area contributed by atoms with Gasteiger partial charge in [-0.15, -0.1) is 0 Å². The summed E-state index contributed by atoms with van der Waals surface area (Å²) in [6.07, 6.45) is 5.21. The Morgan fingerprint density at radius 1 is 1.14 bits per heavy atom. The number of hydrogen-bond donors (Lipinski definition) is 1. The summed E-state index contributed by atoms with van der Waals surface area (Å²) in [5.41, 5.74) is 3.94. The minimum Gasteiger partial charge on any atom is -0.352 e. The Labute approximate surface area is 163 Å². The highest BCUT2D eigenvalue weighted by Gasteiger charge is 2.39. The molecule has 0 bridgehead atoms. The number of nitrogens with one attached hydrogen (secondary N) is 1. The average molecular weight is 372 g/mol. The van der Waals surface area contributed by atoms with E-state index in [0.717, 1.165) is 16.8 Å². The molecule has 0 radical (unpaired) electrons. The Kier molecular flexibility index (Phi) is 4.85. The maximum absolute atomic E-state index is 13.0. The Morgan fingerprint density at radius 3 is 2.79 bits per heavy atom. The SMILES string of the molecule is Cc1cccc(N2C(=O)c3cccnc3[C@@H]2CC(=O)NCc2cccnc2)c1. The summed E-state index contributed by atoms with van der Waals surface area (Å²) in [6, 6.07) is 14.5. The van der Waals surface area contributed by atoms with E-state index in [2.05, 4.69) is 15.3 Å². The highest BCUT2D eigenvalue weighted by molar-refractivity contribution is 6.11. The first-order valence-corrected chi connectivity index (χ1v) is 9.14. The summed E-state index contributed by atoms with van der Waals surface area (Å²) in [6.45, 7) is 2.37. The number of nitrogens with zero attached hydrogens (tertiary/aromatic N) is 3. The molecular formula is C22H20N4O2. The molecule has 0 spiro atoms. The van der Waals surface area contributed by atoms with Crippen molar-refractivity contribution in [2.45, 2.75) is 25.9 Å². The fourth-order valence-electron chi connectivity index (χ4n) is 3.47. The molecule has 6 nitrogen and oxygen atoms in total. The van der Waals surface area contributed by atoms with E-state index in [9.17, 15) is 9.59 Å². The fourth-order valence-corrected chi connectivity index (χ4v) is 3.47. The van der Waals surface area contributed by atoms with E-state index in [1.807, 2.05) is 43.3 Å². The molecule has 140 valence electrons. The van der Waals surface area contributed by atoms with Crippen LogP contribution < -0.4 is 10.2 Å². The predicted octanol–water partition coefficient (Wildman–Crippen LogP) is 3.19. The maximum atomic E-state index is 13.0. The molecule has 1 atom stereocenters. The summed E-state index contributed by atoms with van der Waals surface area (Å²) >= 11 is 0. The Balaban J connectivity index is 1.58. The Hall–Kier alpha value is -3.54. The van der Waals surface area contributed by atoms with Crippen molar-refractivity contribution in [2.75, 3.05) is 4.90 Å². The van der Waals surface area contributed by atoms with Crippen LogP contribution in [0, 0.1) is 6.92 Å². The molecule has 6 heteroatoms. The maximum Gasteiger partial charge on any atom is 0.260 e. The number of aryl methyl sites for hydroxylation is 1. The minimum absolute atomic E-state index is 0.126. The van der Waals surface area contributed by atoms with Gasteiger partial charge in [0, 0.05) is 30.8 Å². The van der Waals surface area contributed by atoms with Crippen LogP contribution in [0.25, 0.3) is 0 Å². The van der Waals surface area contributed by atoms with Gasteiger partial charge in [-0.3, -0.25) is 24.5 Å². The van der Waals surface area contributed by atoms with Crippen molar-refractivity contribution in [3.05, 3.63) is 89.5 Å². The number of anilines is 1. The van der Waals surface area contributed by atoms with Gasteiger partial charge >= 0.3 is 0 Å². The summed E-state index contributed by atoms with van der Waals surface area (Å²) in [5, 5.41) is 2.91. The first-order chi connectivity index (χ1) is 13.6. The number of amides is 2. The van der Waals surface area contributed by atoms with Crippen molar-refractivity contribution in [2.24, 2.45) is 0 Å². The standard InChI is InChI=1S/C22H20N4O2/c1-15-5-2-7-17(11-15)26-19(21-18(22(26)28)8-4-10-24-21)12-20(27)25-14-16-6-3-9-23-13-16/h2-11,13,19H,12,14H2,1H3,(H,25,27)/t19-/m0/s1. The molecule has 0 aliphatic carbocycles. The van der Waals surface area contributed by atoms with Crippen LogP contribution in [-0.4, -0.2) is 21.8 Å². The van der Waals surface area contributed by atoms with Crippen molar-refractivity contribution in [3.63, 3.8) is 0 Å². The first-order valence-electron chi connectivity index (χ1n) is 9.14. The zero-order valence-corrected chi connectivity index (χ0v) is 15.5. The largest absolute Gasteiger partial charge is 0.352 e. The number of pyridine rings is 2. The van der Waals surface area contributed by atoms with Gasteiger partial charge in [-0.05, 0) is 48.4 Å². The Bertz CT molecular complexity index is 1020. The minimum atomic E-state index is -0.431. The summed E-state index contributed by atoms with van der Waals surface area (Å²) in [5.74, 6) is -0.267. The van der Waals surface area contributed by atoms with Gasteiger partial charge in [0.1, 0.15) is 0 Å². The quantitative estimate of drug-likeness (QED) is 0.746. The van der Waals surface area contributed by atoms with Crippen LogP contribution in [0.15, 0.2) is 67.1 Å². The lowest BCUT2D eigenvalue weighted by Gasteiger charge is -2.25. The van der Waals surface area contributed by atoms with Gasteiger partial charge in [-0.1, -0.05) is 18.2 Å². The van der Waals surface area contributed by atoms with Crippen LogP contribution in [0.4, 0.5) is 5.69 Å². The lowest BCUT2D eigenvalue weighted by atomic mass is 10.1. The molecule has 0 saturated heterocycles. The number of fused-ring (bicyclic) bond motifs is 1. The summed E-state index contributed by atoms with van der Waals surface area (Å²) in [7, 11) is 0. The van der Waals surface area contributed by atoms with Gasteiger partial charge in [0.05, 0.1) is 23.7 Å². The molecule has 1 aromatic carbocycles. The number of carbonyl (C=O) groups is 2. The molecule has 0 saturated carbocycles. The van der Waals surface area contributed by atoms with E-state index >= 15 is 0 Å². The third kappa shape index (κ3) is 3.49. The lowest BCUT2D eigenvalue weighted by molar-refractivity contribution is -0.121. The first kappa shape index (κ1) is 17.9. The zero-order valence-electron chi connectivity index (χ0n) is 15.5. The smallest absolute Gasteiger partial charge is 0.260 e. The van der Waals surface area contributed by atoms with Crippen molar-refractivity contribution in [1.29, 1.82) is 0 Å². The molecule has 0 fully saturated rings. The summed E-state index contributed by atoms with van der Waals surface area (Å²) < 4.78 is 0. The monoisotopic (exact) mass is 372 g/mol. The van der Waals surface area contributed by atoms with Crippen LogP contribution in [0.3, 0.4) is 0 Å². The van der Waals surface area contributed by atoms with Crippen LogP contribution >= 0.6 is 0 Å². The van der Waals surface area contributed by atoms with E-state index in [0.29, 0.717) is 17.8 Å². The topological polar surface area (TPSA) is 75.2 Å². The number of carbonyl (C=O) groups excluding carboxylic acids is 2. The molecule has 2 aromatic heterocycles. The fraction of sp³-hybridized carbons (Fsp3) is 0.182. The van der Waals surface area contributed by atoms with E-state index in [-0.39, 0.29) is 18.2 Å². The number of aromatic nitrogens is 2. The second-order valence-electron chi connectivity index (χ2n) is 6.81. The van der Waals surface area contributed by atoms with Crippen LogP contribution in [0.2, 0.25) is 0 Å². The molecule has 0 unspecified atom stereocenters. The molecule has 1 N–H and O–H groups in total. The van der Waals surface area contributed by atoms with E-state index in [4.69, 9.17) is 0 Å². The molecule has 1 aliphatic rings. The zero-order chi connectivity index (χ0) is 19.5. The predicted molar refractivity (Wildman–Crippen MR) is 106 cm³/mol. The van der Waals surface area contributed by atoms with Crippen molar-refractivity contribution in [3.8, 4) is 0 Å². The molecule has 28 heavy (non-hydrogen) atoms. The summed E-state index contributed by atoms with van der Waals surface area (Å²) in [4.78, 5) is 35.8. The molecule has 3 aromatic rings. The highest BCUT2D eigenvalue weighted by Crippen LogP contribution is 2.38. The van der Waals surface area contributed by atoms with Crippen LogP contribution in [-0.2, 0) is 11.3 Å². The van der Waals surface area contributed by atoms with E-state index in [1.165, 1.54) is 0 Å².